The van der Waals surface area contributed by atoms with Crippen LogP contribution in [0.3, 0.4) is 0 Å². The van der Waals surface area contributed by atoms with Gasteiger partial charge in [-0.15, -0.1) is 0 Å². The second-order valence-electron chi connectivity index (χ2n) is 10.4. The van der Waals surface area contributed by atoms with E-state index in [0.29, 0.717) is 43.8 Å². The molecule has 0 atom stereocenters. The van der Waals surface area contributed by atoms with Crippen LogP contribution in [0.25, 0.3) is 0 Å². The molecule has 228 valence electrons. The number of methoxy groups -OCH3 is 2. The first-order valence-electron chi connectivity index (χ1n) is 15.0. The van der Waals surface area contributed by atoms with Crippen LogP contribution in [0.4, 0.5) is 0 Å². The number of aromatic hydroxyl groups is 1. The van der Waals surface area contributed by atoms with Gasteiger partial charge in [0.05, 0.1) is 38.8 Å². The molecule has 0 aromatic heterocycles. The third kappa shape index (κ3) is 12.0. The lowest BCUT2D eigenvalue weighted by Gasteiger charge is -2.23. The van der Waals surface area contributed by atoms with Crippen LogP contribution in [0.15, 0.2) is 35.1 Å². The molecule has 8 heteroatoms. The Bertz CT molecular complexity index is 1070. The molecule has 0 saturated heterocycles. The topological polar surface area (TPSA) is 108 Å². The summed E-state index contributed by atoms with van der Waals surface area (Å²) in [5.74, 6) is 1.02. The van der Waals surface area contributed by atoms with Gasteiger partial charge >= 0.3 is 11.9 Å². The number of allylic oxidation sites excluding steroid dienone is 4. The number of Topliss-reactive ketones (excluding diaryl/α,β-unsaturated/α-hetero) is 1. The molecule has 1 N–H and O–H groups in total. The summed E-state index contributed by atoms with van der Waals surface area (Å²) >= 11 is 0. The van der Waals surface area contributed by atoms with E-state index in [-0.39, 0.29) is 23.5 Å². The summed E-state index contributed by atoms with van der Waals surface area (Å²) < 4.78 is 21.7. The van der Waals surface area contributed by atoms with Crippen LogP contribution in [-0.2, 0) is 30.2 Å². The third-order valence-corrected chi connectivity index (χ3v) is 7.36. The lowest BCUT2D eigenvalue weighted by Crippen LogP contribution is -2.09. The minimum absolute atomic E-state index is 0.0385. The molecule has 0 radical (unpaired) electrons. The highest BCUT2D eigenvalue weighted by Crippen LogP contribution is 2.33. The van der Waals surface area contributed by atoms with Crippen LogP contribution in [0.5, 0.6) is 11.5 Å². The summed E-state index contributed by atoms with van der Waals surface area (Å²) in [6, 6.07) is 3.27. The Morgan fingerprint density at radius 3 is 2.17 bits per heavy atom. The number of phenolic OH excluding ortho intramolecular Hbond substituents is 1. The van der Waals surface area contributed by atoms with Gasteiger partial charge in [-0.25, -0.2) is 0 Å². The molecule has 0 spiro atoms. The number of aryl methyl sites for hydroxylation is 1. The standard InChI is InChI=1S/C33H48O8/c1-5-25-22-28(24(2)34)29(35)23-31(25)41-21-11-7-6-9-14-26-15-13-16-30(27(26)18-19-33(37)39-4)40-20-12-8-10-17-32(36)38-3/h15,22-23,35H,5-14,16-21H2,1-4H3. The second-order valence-corrected chi connectivity index (χ2v) is 10.4. The fraction of sp³-hybridized carbons (Fsp3) is 0.606. The molecule has 0 bridgehead atoms. The van der Waals surface area contributed by atoms with Crippen molar-refractivity contribution in [3.8, 4) is 11.5 Å². The van der Waals surface area contributed by atoms with Gasteiger partial charge in [-0.05, 0) is 87.5 Å². The summed E-state index contributed by atoms with van der Waals surface area (Å²) in [5.41, 5.74) is 3.66. The van der Waals surface area contributed by atoms with E-state index in [9.17, 15) is 19.5 Å². The average Bonchev–Trinajstić information content (AvgIpc) is 2.97. The van der Waals surface area contributed by atoms with Crippen molar-refractivity contribution < 1.29 is 38.4 Å². The third-order valence-electron chi connectivity index (χ3n) is 7.36. The maximum Gasteiger partial charge on any atom is 0.305 e. The molecule has 0 unspecified atom stereocenters. The average molecular weight is 573 g/mol. The van der Waals surface area contributed by atoms with E-state index in [1.807, 2.05) is 6.92 Å². The molecule has 1 aromatic rings. The van der Waals surface area contributed by atoms with Crippen molar-refractivity contribution >= 4 is 17.7 Å². The van der Waals surface area contributed by atoms with Gasteiger partial charge in [0.25, 0.3) is 0 Å². The number of hydrogen-bond acceptors (Lipinski definition) is 8. The van der Waals surface area contributed by atoms with E-state index < -0.39 is 0 Å². The first-order valence-corrected chi connectivity index (χ1v) is 15.0. The molecule has 0 heterocycles. The van der Waals surface area contributed by atoms with Crippen LogP contribution in [-0.4, -0.2) is 50.3 Å². The van der Waals surface area contributed by atoms with Gasteiger partial charge in [-0.3, -0.25) is 14.4 Å². The summed E-state index contributed by atoms with van der Waals surface area (Å²) in [5, 5.41) is 10.2. The largest absolute Gasteiger partial charge is 0.507 e. The van der Waals surface area contributed by atoms with E-state index in [0.717, 1.165) is 87.5 Å². The van der Waals surface area contributed by atoms with Crippen molar-refractivity contribution in [1.29, 1.82) is 0 Å². The number of benzene rings is 1. The molecular formula is C33H48O8. The lowest BCUT2D eigenvalue weighted by atomic mass is 9.89. The Balaban J connectivity index is 1.82. The van der Waals surface area contributed by atoms with Gasteiger partial charge in [-0.1, -0.05) is 25.8 Å². The SMILES string of the molecule is CCc1cc(C(C)=O)c(O)cc1OCCCCCCC1=CCCC(OCCCCCC(=O)OC)=C1CCC(=O)OC. The Labute approximate surface area is 245 Å². The number of unbranched alkanes of at least 4 members (excludes halogenated alkanes) is 5. The monoisotopic (exact) mass is 572 g/mol. The molecular weight excluding hydrogens is 524 g/mol. The number of phenols is 1. The van der Waals surface area contributed by atoms with E-state index in [1.165, 1.54) is 26.7 Å². The molecule has 2 rings (SSSR count). The zero-order chi connectivity index (χ0) is 30.0. The van der Waals surface area contributed by atoms with Crippen LogP contribution in [0.1, 0.15) is 113 Å². The Hall–Kier alpha value is -3.29. The molecule has 0 fully saturated rings. The number of carbonyl (C=O) groups is 3. The lowest BCUT2D eigenvalue weighted by molar-refractivity contribution is -0.141. The van der Waals surface area contributed by atoms with Crippen LogP contribution in [0.2, 0.25) is 0 Å². The normalized spacial score (nSPS) is 13.0. The first kappa shape index (κ1) is 33.9. The molecule has 1 aromatic carbocycles. The molecule has 8 nitrogen and oxygen atoms in total. The van der Waals surface area contributed by atoms with Gasteiger partial charge in [-0.2, -0.15) is 0 Å². The van der Waals surface area contributed by atoms with E-state index in [4.69, 9.17) is 14.2 Å². The highest BCUT2D eigenvalue weighted by atomic mass is 16.5. The summed E-state index contributed by atoms with van der Waals surface area (Å²) in [6.45, 7) is 4.60. The van der Waals surface area contributed by atoms with E-state index >= 15 is 0 Å². The summed E-state index contributed by atoms with van der Waals surface area (Å²) in [7, 11) is 2.82. The summed E-state index contributed by atoms with van der Waals surface area (Å²) in [6.07, 6.45) is 13.6. The maximum absolute atomic E-state index is 11.9. The fourth-order valence-electron chi connectivity index (χ4n) is 4.98. The molecule has 1 aliphatic rings. The number of ketones is 1. The van der Waals surface area contributed by atoms with Crippen molar-refractivity contribution in [1.82, 2.24) is 0 Å². The minimum atomic E-state index is -0.222. The first-order chi connectivity index (χ1) is 19.8. The Morgan fingerprint density at radius 1 is 0.829 bits per heavy atom. The quantitative estimate of drug-likeness (QED) is 0.0996. The van der Waals surface area contributed by atoms with E-state index in [2.05, 4.69) is 10.8 Å². The smallest absolute Gasteiger partial charge is 0.305 e. The van der Waals surface area contributed by atoms with Crippen molar-refractivity contribution in [2.45, 2.75) is 104 Å². The molecule has 0 amide bonds. The molecule has 41 heavy (non-hydrogen) atoms. The predicted molar refractivity (Wildman–Crippen MR) is 158 cm³/mol. The maximum atomic E-state index is 11.9. The minimum Gasteiger partial charge on any atom is -0.507 e. The second kappa shape index (κ2) is 18.9. The number of ether oxygens (including phenoxy) is 4. The van der Waals surface area contributed by atoms with Crippen LogP contribution >= 0.6 is 0 Å². The highest BCUT2D eigenvalue weighted by molar-refractivity contribution is 5.97. The predicted octanol–water partition coefficient (Wildman–Crippen LogP) is 7.16. The number of carbonyl (C=O) groups excluding carboxylic acids is 3. The Kier molecular flexibility index (Phi) is 15.7. The van der Waals surface area contributed by atoms with Crippen molar-refractivity contribution in [3.05, 3.63) is 46.2 Å². The fourth-order valence-corrected chi connectivity index (χ4v) is 4.98. The van der Waals surface area contributed by atoms with Crippen molar-refractivity contribution in [3.63, 3.8) is 0 Å². The molecule has 1 aliphatic carbocycles. The summed E-state index contributed by atoms with van der Waals surface area (Å²) in [4.78, 5) is 34.8. The number of rotatable bonds is 20. The van der Waals surface area contributed by atoms with Gasteiger partial charge in [0.15, 0.2) is 5.78 Å². The number of esters is 2. The van der Waals surface area contributed by atoms with Gasteiger partial charge in [0.2, 0.25) is 0 Å². The Morgan fingerprint density at radius 2 is 1.49 bits per heavy atom. The van der Waals surface area contributed by atoms with Crippen molar-refractivity contribution in [2.75, 3.05) is 27.4 Å². The molecule has 0 saturated carbocycles. The van der Waals surface area contributed by atoms with Gasteiger partial charge < -0.3 is 24.1 Å². The zero-order valence-corrected chi connectivity index (χ0v) is 25.4. The highest BCUT2D eigenvalue weighted by Gasteiger charge is 2.19. The van der Waals surface area contributed by atoms with E-state index in [1.54, 1.807) is 12.1 Å². The van der Waals surface area contributed by atoms with Crippen LogP contribution in [0, 0.1) is 0 Å². The zero-order valence-electron chi connectivity index (χ0n) is 25.4. The van der Waals surface area contributed by atoms with Crippen LogP contribution < -0.4 is 4.74 Å². The van der Waals surface area contributed by atoms with Gasteiger partial charge in [0.1, 0.15) is 11.5 Å². The number of hydrogen-bond donors (Lipinski definition) is 1. The van der Waals surface area contributed by atoms with Gasteiger partial charge in [0, 0.05) is 25.3 Å². The van der Waals surface area contributed by atoms with Crippen molar-refractivity contribution in [2.24, 2.45) is 0 Å². The molecule has 0 aliphatic heterocycles.